The van der Waals surface area contributed by atoms with Crippen molar-refractivity contribution in [3.8, 4) is 0 Å². The smallest absolute Gasteiger partial charge is 0.0379 e. The topological polar surface area (TPSA) is 52.0 Å². The van der Waals surface area contributed by atoms with E-state index in [0.717, 1.165) is 62.7 Å². The van der Waals surface area contributed by atoms with Crippen LogP contribution >= 0.6 is 11.8 Å². The Labute approximate surface area is 170 Å². The van der Waals surface area contributed by atoms with Crippen molar-refractivity contribution in [2.75, 3.05) is 11.5 Å². The van der Waals surface area contributed by atoms with Crippen LogP contribution < -0.4 is 11.5 Å². The van der Waals surface area contributed by atoms with Crippen LogP contribution in [0, 0.1) is 0 Å². The average molecular weight is 385 g/mol. The van der Waals surface area contributed by atoms with E-state index in [1.165, 1.54) is 32.0 Å². The summed E-state index contributed by atoms with van der Waals surface area (Å²) in [6.07, 6.45) is 8.64. The highest BCUT2D eigenvalue weighted by Crippen LogP contribution is 2.36. The number of benzene rings is 2. The number of hydrogen-bond acceptors (Lipinski definition) is 3. The molecule has 3 heteroatoms. The zero-order valence-electron chi connectivity index (χ0n) is 17.5. The molecule has 2 aromatic carbocycles. The average Bonchev–Trinajstić information content (AvgIpc) is 2.63. The Hall–Kier alpha value is -1.61. The summed E-state index contributed by atoms with van der Waals surface area (Å²) in [4.78, 5) is 2.59. The molecule has 4 N–H and O–H groups in total. The molecule has 2 aromatic rings. The number of aryl methyl sites for hydroxylation is 4. The molecule has 0 spiro atoms. The van der Waals surface area contributed by atoms with Crippen molar-refractivity contribution in [2.45, 2.75) is 88.9 Å². The Bertz CT molecular complexity index is 635. The maximum Gasteiger partial charge on any atom is 0.0379 e. The van der Waals surface area contributed by atoms with Crippen LogP contribution in [0.5, 0.6) is 0 Å². The third kappa shape index (κ3) is 5.68. The SMILES string of the molecule is CCCc1cc(Sc2cc(CCC)c(N)c(CCC)c2)cc(CCC)c1N. The lowest BCUT2D eigenvalue weighted by Gasteiger charge is -2.16. The molecule has 0 aliphatic heterocycles. The van der Waals surface area contributed by atoms with E-state index in [9.17, 15) is 0 Å². The molecule has 27 heavy (non-hydrogen) atoms. The molecule has 2 nitrogen and oxygen atoms in total. The first-order valence-electron chi connectivity index (χ1n) is 10.5. The third-order valence-corrected chi connectivity index (χ3v) is 5.91. The predicted molar refractivity (Wildman–Crippen MR) is 122 cm³/mol. The van der Waals surface area contributed by atoms with Gasteiger partial charge in [-0.2, -0.15) is 0 Å². The third-order valence-electron chi connectivity index (χ3n) is 4.96. The molecule has 148 valence electrons. The zero-order chi connectivity index (χ0) is 19.8. The zero-order valence-corrected chi connectivity index (χ0v) is 18.3. The van der Waals surface area contributed by atoms with Gasteiger partial charge in [0.2, 0.25) is 0 Å². The van der Waals surface area contributed by atoms with Crippen LogP contribution in [0.1, 0.15) is 75.6 Å². The Morgan fingerprint density at radius 2 is 0.815 bits per heavy atom. The molecule has 0 heterocycles. The van der Waals surface area contributed by atoms with Crippen LogP contribution in [-0.2, 0) is 25.7 Å². The molecule has 0 saturated carbocycles. The fourth-order valence-corrected chi connectivity index (χ4v) is 4.73. The fourth-order valence-electron chi connectivity index (χ4n) is 3.65. The van der Waals surface area contributed by atoms with Gasteiger partial charge in [-0.3, -0.25) is 0 Å². The minimum Gasteiger partial charge on any atom is -0.398 e. The second-order valence-corrected chi connectivity index (χ2v) is 8.56. The maximum atomic E-state index is 6.44. The van der Waals surface area contributed by atoms with Gasteiger partial charge < -0.3 is 11.5 Å². The van der Waals surface area contributed by atoms with E-state index in [-0.39, 0.29) is 0 Å². The number of anilines is 2. The molecule has 0 amide bonds. The van der Waals surface area contributed by atoms with Gasteiger partial charge in [-0.1, -0.05) is 65.1 Å². The molecule has 0 aliphatic carbocycles. The molecule has 0 radical (unpaired) electrons. The van der Waals surface area contributed by atoms with Crippen LogP contribution in [0.2, 0.25) is 0 Å². The molecule has 0 atom stereocenters. The minimum absolute atomic E-state index is 0.999. The van der Waals surface area contributed by atoms with Gasteiger partial charge in [0.25, 0.3) is 0 Å². The van der Waals surface area contributed by atoms with E-state index < -0.39 is 0 Å². The molecule has 0 unspecified atom stereocenters. The number of rotatable bonds is 10. The fraction of sp³-hybridized carbons (Fsp3) is 0.500. The van der Waals surface area contributed by atoms with Crippen LogP contribution in [-0.4, -0.2) is 0 Å². The normalized spacial score (nSPS) is 11.1. The van der Waals surface area contributed by atoms with Crippen molar-refractivity contribution in [2.24, 2.45) is 0 Å². The minimum atomic E-state index is 0.999. The van der Waals surface area contributed by atoms with Crippen molar-refractivity contribution < 1.29 is 0 Å². The van der Waals surface area contributed by atoms with E-state index in [1.54, 1.807) is 0 Å². The number of nitrogen functional groups attached to an aromatic ring is 2. The summed E-state index contributed by atoms with van der Waals surface area (Å²) in [5, 5.41) is 0. The van der Waals surface area contributed by atoms with Crippen molar-refractivity contribution >= 4 is 23.1 Å². The Morgan fingerprint density at radius 3 is 1.04 bits per heavy atom. The van der Waals surface area contributed by atoms with Crippen molar-refractivity contribution in [3.05, 3.63) is 46.5 Å². The Kier molecular flexibility index (Phi) is 8.56. The van der Waals surface area contributed by atoms with Crippen LogP contribution in [0.25, 0.3) is 0 Å². The standard InChI is InChI=1S/C24H36N2S/c1-5-9-17-13-21(14-18(10-6-2)23(17)25)27-22-15-19(11-7-3)24(26)20(16-22)12-8-4/h13-16H,5-12,25-26H2,1-4H3. The van der Waals surface area contributed by atoms with E-state index in [4.69, 9.17) is 11.5 Å². The number of nitrogens with two attached hydrogens (primary N) is 2. The van der Waals surface area contributed by atoms with Gasteiger partial charge in [-0.15, -0.1) is 0 Å². The first-order chi connectivity index (χ1) is 13.0. The van der Waals surface area contributed by atoms with E-state index in [2.05, 4.69) is 52.0 Å². The van der Waals surface area contributed by atoms with Gasteiger partial charge >= 0.3 is 0 Å². The first-order valence-corrected chi connectivity index (χ1v) is 11.4. The highest BCUT2D eigenvalue weighted by Gasteiger charge is 2.12. The van der Waals surface area contributed by atoms with Gasteiger partial charge in [-0.05, 0) is 72.2 Å². The number of hydrogen-bond donors (Lipinski definition) is 2. The first kappa shape index (κ1) is 21.7. The largest absolute Gasteiger partial charge is 0.398 e. The highest BCUT2D eigenvalue weighted by molar-refractivity contribution is 7.99. The van der Waals surface area contributed by atoms with Gasteiger partial charge in [0, 0.05) is 21.2 Å². The van der Waals surface area contributed by atoms with E-state index in [1.807, 2.05) is 11.8 Å². The van der Waals surface area contributed by atoms with Gasteiger partial charge in [0.05, 0.1) is 0 Å². The van der Waals surface area contributed by atoms with Gasteiger partial charge in [-0.25, -0.2) is 0 Å². The van der Waals surface area contributed by atoms with Gasteiger partial charge in [0.15, 0.2) is 0 Å². The molecule has 0 aliphatic rings. The monoisotopic (exact) mass is 384 g/mol. The van der Waals surface area contributed by atoms with Crippen LogP contribution in [0.3, 0.4) is 0 Å². The lowest BCUT2D eigenvalue weighted by molar-refractivity contribution is 0.891. The van der Waals surface area contributed by atoms with Gasteiger partial charge in [0.1, 0.15) is 0 Å². The van der Waals surface area contributed by atoms with E-state index in [0.29, 0.717) is 0 Å². The molecule has 2 rings (SSSR count). The molecule has 0 saturated heterocycles. The molecule has 0 fully saturated rings. The summed E-state index contributed by atoms with van der Waals surface area (Å²) >= 11 is 1.85. The van der Waals surface area contributed by atoms with Crippen LogP contribution in [0.4, 0.5) is 11.4 Å². The molecular weight excluding hydrogens is 348 g/mol. The van der Waals surface area contributed by atoms with Crippen molar-refractivity contribution in [1.29, 1.82) is 0 Å². The quantitative estimate of drug-likeness (QED) is 0.442. The molecule has 0 aromatic heterocycles. The lowest BCUT2D eigenvalue weighted by atomic mass is 10.0. The molecule has 0 bridgehead atoms. The Balaban J connectivity index is 2.42. The van der Waals surface area contributed by atoms with Crippen molar-refractivity contribution in [1.82, 2.24) is 0 Å². The maximum absolute atomic E-state index is 6.44. The predicted octanol–water partition coefficient (Wildman–Crippen LogP) is 6.81. The summed E-state index contributed by atoms with van der Waals surface area (Å²) in [6, 6.07) is 9.16. The molecular formula is C24H36N2S. The Morgan fingerprint density at radius 1 is 0.556 bits per heavy atom. The summed E-state index contributed by atoms with van der Waals surface area (Å²) in [5.41, 5.74) is 20.1. The summed E-state index contributed by atoms with van der Waals surface area (Å²) < 4.78 is 0. The summed E-state index contributed by atoms with van der Waals surface area (Å²) in [5.74, 6) is 0. The van der Waals surface area contributed by atoms with Crippen molar-refractivity contribution in [3.63, 3.8) is 0 Å². The summed E-state index contributed by atoms with van der Waals surface area (Å²) in [7, 11) is 0. The second-order valence-electron chi connectivity index (χ2n) is 7.41. The van der Waals surface area contributed by atoms with E-state index >= 15 is 0 Å². The second kappa shape index (κ2) is 10.7. The summed E-state index contributed by atoms with van der Waals surface area (Å²) in [6.45, 7) is 8.86. The van der Waals surface area contributed by atoms with Crippen LogP contribution in [0.15, 0.2) is 34.1 Å². The highest BCUT2D eigenvalue weighted by atomic mass is 32.2. The lowest BCUT2D eigenvalue weighted by Crippen LogP contribution is -2.02.